The highest BCUT2D eigenvalue weighted by Gasteiger charge is 2.23. The van der Waals surface area contributed by atoms with Crippen molar-refractivity contribution in [1.29, 1.82) is 0 Å². The summed E-state index contributed by atoms with van der Waals surface area (Å²) in [7, 11) is 1.63. The molecule has 0 aliphatic carbocycles. The first-order valence-electron chi connectivity index (χ1n) is 10.9. The predicted octanol–water partition coefficient (Wildman–Crippen LogP) is 2.36. The minimum absolute atomic E-state index is 0.0733. The summed E-state index contributed by atoms with van der Waals surface area (Å²) >= 11 is 0. The average Bonchev–Trinajstić information content (AvgIpc) is 2.83. The molecule has 3 heterocycles. The number of fused-ring (bicyclic) bond motifs is 1. The molecular weight excluding hydrogens is 406 g/mol. The van der Waals surface area contributed by atoms with Gasteiger partial charge >= 0.3 is 0 Å². The van der Waals surface area contributed by atoms with Gasteiger partial charge in [-0.3, -0.25) is 14.8 Å². The number of aromatic nitrogens is 2. The number of β-amino-alcohol motifs (C(OH)–C–C–N with tert-alkyl or cyclic N) is 1. The third-order valence-electron chi connectivity index (χ3n) is 5.86. The minimum Gasteiger partial charge on any atom is -0.497 e. The Morgan fingerprint density at radius 2 is 2.09 bits per heavy atom. The van der Waals surface area contributed by atoms with Gasteiger partial charge in [-0.25, -0.2) is 0 Å². The Labute approximate surface area is 187 Å². The number of amides is 1. The van der Waals surface area contributed by atoms with Gasteiger partial charge in [-0.1, -0.05) is 0 Å². The van der Waals surface area contributed by atoms with Gasteiger partial charge in [0.15, 0.2) is 0 Å². The van der Waals surface area contributed by atoms with Gasteiger partial charge < -0.3 is 25.4 Å². The number of ether oxygens (including phenoxy) is 1. The number of aliphatic hydroxyl groups is 1. The second-order valence-electron chi connectivity index (χ2n) is 8.04. The van der Waals surface area contributed by atoms with E-state index in [-0.39, 0.29) is 18.5 Å². The molecule has 2 aromatic heterocycles. The monoisotopic (exact) mass is 435 g/mol. The van der Waals surface area contributed by atoms with E-state index < -0.39 is 6.10 Å². The third-order valence-corrected chi connectivity index (χ3v) is 5.86. The van der Waals surface area contributed by atoms with Crippen LogP contribution < -0.4 is 15.4 Å². The van der Waals surface area contributed by atoms with Crippen LogP contribution in [0.25, 0.3) is 10.9 Å². The summed E-state index contributed by atoms with van der Waals surface area (Å²) < 4.78 is 5.33. The molecule has 168 valence electrons. The summed E-state index contributed by atoms with van der Waals surface area (Å²) in [6.07, 6.45) is 6.29. The molecular formula is C24H29N5O3. The molecule has 1 saturated heterocycles. The van der Waals surface area contributed by atoms with Crippen LogP contribution >= 0.6 is 0 Å². The molecule has 4 rings (SSSR count). The van der Waals surface area contributed by atoms with E-state index in [9.17, 15) is 9.90 Å². The van der Waals surface area contributed by atoms with Crippen LogP contribution in [-0.4, -0.2) is 65.2 Å². The molecule has 1 atom stereocenters. The summed E-state index contributed by atoms with van der Waals surface area (Å²) in [5.74, 6) is 0.675. The highest BCUT2D eigenvalue weighted by molar-refractivity contribution is 5.92. The molecule has 0 spiro atoms. The van der Waals surface area contributed by atoms with E-state index in [2.05, 4.69) is 25.5 Å². The number of rotatable bonds is 8. The van der Waals surface area contributed by atoms with Crippen LogP contribution in [-0.2, 0) is 4.79 Å². The number of nitrogens with one attached hydrogen (secondary N) is 2. The van der Waals surface area contributed by atoms with Crippen LogP contribution in [0.3, 0.4) is 0 Å². The lowest BCUT2D eigenvalue weighted by molar-refractivity contribution is -0.115. The number of hydrogen-bond donors (Lipinski definition) is 3. The molecule has 32 heavy (non-hydrogen) atoms. The Kier molecular flexibility index (Phi) is 7.26. The Morgan fingerprint density at radius 3 is 2.84 bits per heavy atom. The van der Waals surface area contributed by atoms with E-state index >= 15 is 0 Å². The zero-order valence-corrected chi connectivity index (χ0v) is 18.2. The number of carbonyl (C=O) groups excluding carboxylic acids is 1. The molecule has 3 aromatic rings. The average molecular weight is 436 g/mol. The molecule has 1 aliphatic rings. The van der Waals surface area contributed by atoms with Crippen molar-refractivity contribution >= 4 is 22.5 Å². The van der Waals surface area contributed by atoms with Gasteiger partial charge in [0, 0.05) is 30.4 Å². The number of nitrogens with zero attached hydrogens (tertiary/aromatic N) is 3. The first kappa shape index (κ1) is 22.1. The van der Waals surface area contributed by atoms with Crippen molar-refractivity contribution in [3.63, 3.8) is 0 Å². The van der Waals surface area contributed by atoms with Crippen molar-refractivity contribution in [1.82, 2.24) is 20.2 Å². The van der Waals surface area contributed by atoms with Crippen molar-refractivity contribution in [2.24, 2.45) is 0 Å². The quantitative estimate of drug-likeness (QED) is 0.499. The van der Waals surface area contributed by atoms with E-state index in [0.717, 1.165) is 48.1 Å². The normalized spacial score (nSPS) is 16.1. The second kappa shape index (κ2) is 10.5. The van der Waals surface area contributed by atoms with E-state index in [1.54, 1.807) is 31.8 Å². The van der Waals surface area contributed by atoms with Crippen LogP contribution in [0, 0.1) is 0 Å². The zero-order chi connectivity index (χ0) is 22.3. The number of anilines is 1. The van der Waals surface area contributed by atoms with Gasteiger partial charge in [-0.15, -0.1) is 0 Å². The standard InChI is InChI=1S/C24H29N5O3/c1-32-19-4-5-22-21(13-19)20(6-10-26-22)23(30)16-29-11-7-17(8-12-29)27-15-24(31)28-18-3-2-9-25-14-18/h2-6,9-10,13-14,17,23,27,30H,7-8,11-12,15-16H2,1H3,(H,28,31)/t23-/m0/s1. The number of benzene rings is 1. The van der Waals surface area contributed by atoms with Gasteiger partial charge in [0.1, 0.15) is 5.75 Å². The molecule has 8 heteroatoms. The van der Waals surface area contributed by atoms with E-state index in [0.29, 0.717) is 12.2 Å². The number of hydrogen-bond acceptors (Lipinski definition) is 7. The number of piperidine rings is 1. The predicted molar refractivity (Wildman–Crippen MR) is 124 cm³/mol. The summed E-state index contributed by atoms with van der Waals surface area (Å²) in [6, 6.07) is 11.5. The maximum Gasteiger partial charge on any atom is 0.238 e. The van der Waals surface area contributed by atoms with Crippen molar-refractivity contribution in [3.8, 4) is 5.75 Å². The molecule has 0 saturated carbocycles. The highest BCUT2D eigenvalue weighted by atomic mass is 16.5. The molecule has 1 aliphatic heterocycles. The highest BCUT2D eigenvalue weighted by Crippen LogP contribution is 2.27. The fourth-order valence-electron chi connectivity index (χ4n) is 4.11. The zero-order valence-electron chi connectivity index (χ0n) is 18.2. The molecule has 1 aromatic carbocycles. The number of pyridine rings is 2. The summed E-state index contributed by atoms with van der Waals surface area (Å²) in [6.45, 7) is 2.56. The van der Waals surface area contributed by atoms with Crippen molar-refractivity contribution in [2.75, 3.05) is 38.6 Å². The number of aliphatic hydroxyl groups excluding tert-OH is 1. The number of methoxy groups -OCH3 is 1. The lowest BCUT2D eigenvalue weighted by Crippen LogP contribution is -2.45. The first-order valence-corrected chi connectivity index (χ1v) is 10.9. The first-order chi connectivity index (χ1) is 15.6. The van der Waals surface area contributed by atoms with Gasteiger partial charge in [0.05, 0.1) is 37.2 Å². The maximum atomic E-state index is 12.1. The lowest BCUT2D eigenvalue weighted by atomic mass is 10.0. The minimum atomic E-state index is -0.609. The fourth-order valence-corrected chi connectivity index (χ4v) is 4.11. The molecule has 1 amide bonds. The Balaban J connectivity index is 1.26. The lowest BCUT2D eigenvalue weighted by Gasteiger charge is -2.33. The van der Waals surface area contributed by atoms with Crippen molar-refractivity contribution in [3.05, 3.63) is 60.6 Å². The Bertz CT molecular complexity index is 1040. The number of likely N-dealkylation sites (tertiary alicyclic amines) is 1. The second-order valence-corrected chi connectivity index (χ2v) is 8.04. The van der Waals surface area contributed by atoms with Crippen LogP contribution in [0.4, 0.5) is 5.69 Å². The summed E-state index contributed by atoms with van der Waals surface area (Å²) in [5.41, 5.74) is 2.40. The van der Waals surface area contributed by atoms with Gasteiger partial charge in [-0.05, 0) is 67.9 Å². The molecule has 0 radical (unpaired) electrons. The molecule has 0 bridgehead atoms. The summed E-state index contributed by atoms with van der Waals surface area (Å²) in [4.78, 5) is 22.8. The largest absolute Gasteiger partial charge is 0.497 e. The van der Waals surface area contributed by atoms with Crippen LogP contribution in [0.5, 0.6) is 5.75 Å². The SMILES string of the molecule is COc1ccc2nccc([C@@H](O)CN3CCC(NCC(=O)Nc4cccnc4)CC3)c2c1. The molecule has 0 unspecified atom stereocenters. The van der Waals surface area contributed by atoms with E-state index in [4.69, 9.17) is 4.74 Å². The maximum absolute atomic E-state index is 12.1. The van der Waals surface area contributed by atoms with E-state index in [1.807, 2.05) is 30.3 Å². The van der Waals surface area contributed by atoms with Gasteiger partial charge in [0.25, 0.3) is 0 Å². The molecule has 8 nitrogen and oxygen atoms in total. The number of carbonyl (C=O) groups is 1. The van der Waals surface area contributed by atoms with Crippen LogP contribution in [0.15, 0.2) is 55.0 Å². The fraction of sp³-hybridized carbons (Fsp3) is 0.375. The third kappa shape index (κ3) is 5.59. The Hall–Kier alpha value is -3.07. The Morgan fingerprint density at radius 1 is 1.25 bits per heavy atom. The molecule has 1 fully saturated rings. The molecule has 3 N–H and O–H groups in total. The van der Waals surface area contributed by atoms with Gasteiger partial charge in [-0.2, -0.15) is 0 Å². The van der Waals surface area contributed by atoms with Crippen molar-refractivity contribution < 1.29 is 14.6 Å². The smallest absolute Gasteiger partial charge is 0.238 e. The topological polar surface area (TPSA) is 99.6 Å². The van der Waals surface area contributed by atoms with Crippen LogP contribution in [0.2, 0.25) is 0 Å². The van der Waals surface area contributed by atoms with Crippen molar-refractivity contribution in [2.45, 2.75) is 25.0 Å². The van der Waals surface area contributed by atoms with E-state index in [1.165, 1.54) is 0 Å². The van der Waals surface area contributed by atoms with Gasteiger partial charge in [0.2, 0.25) is 5.91 Å². The summed E-state index contributed by atoms with van der Waals surface area (Å²) in [5, 5.41) is 18.0. The van der Waals surface area contributed by atoms with Crippen LogP contribution in [0.1, 0.15) is 24.5 Å².